The van der Waals surface area contributed by atoms with E-state index in [2.05, 4.69) is 4.99 Å². The number of hydrogen-bond donors (Lipinski definition) is 0. The number of halogens is 2. The van der Waals surface area contributed by atoms with Crippen LogP contribution in [0.2, 0.25) is 0 Å². The van der Waals surface area contributed by atoms with Crippen LogP contribution in [0.3, 0.4) is 0 Å². The van der Waals surface area contributed by atoms with Gasteiger partial charge in [0, 0.05) is 12.3 Å². The van der Waals surface area contributed by atoms with Gasteiger partial charge in [0.25, 0.3) is 5.69 Å². The normalized spacial score (nSPS) is 15.3. The first-order chi connectivity index (χ1) is 11.3. The van der Waals surface area contributed by atoms with E-state index < -0.39 is 45.5 Å². The zero-order chi connectivity index (χ0) is 17.9. The number of nitro benzene ring substituents is 1. The van der Waals surface area contributed by atoms with Crippen LogP contribution in [-0.4, -0.2) is 35.5 Å². The summed E-state index contributed by atoms with van der Waals surface area (Å²) in [6.45, 7) is 1.51. The average Bonchev–Trinajstić information content (AvgIpc) is 3.33. The van der Waals surface area contributed by atoms with E-state index >= 15 is 0 Å². The van der Waals surface area contributed by atoms with Gasteiger partial charge in [0.1, 0.15) is 0 Å². The maximum absolute atomic E-state index is 13.4. The van der Waals surface area contributed by atoms with E-state index in [9.17, 15) is 28.5 Å². The molecule has 1 saturated carbocycles. The SMILES string of the molecule is CCOC(=O)C(C=NC1CC1)C(=O)c1cc(F)c(F)cc1[N+](=O)[O-]. The lowest BCUT2D eigenvalue weighted by Crippen LogP contribution is -2.28. The van der Waals surface area contributed by atoms with E-state index in [1.54, 1.807) is 0 Å². The minimum Gasteiger partial charge on any atom is -0.465 e. The summed E-state index contributed by atoms with van der Waals surface area (Å²) in [5.74, 6) is -6.45. The quantitative estimate of drug-likeness (QED) is 0.190. The van der Waals surface area contributed by atoms with Crippen molar-refractivity contribution in [1.82, 2.24) is 0 Å². The number of nitro groups is 1. The Bertz CT molecular complexity index is 716. The molecule has 0 heterocycles. The van der Waals surface area contributed by atoms with Gasteiger partial charge in [-0.3, -0.25) is 24.7 Å². The van der Waals surface area contributed by atoms with Gasteiger partial charge in [-0.1, -0.05) is 0 Å². The van der Waals surface area contributed by atoms with Crippen molar-refractivity contribution >= 4 is 23.7 Å². The van der Waals surface area contributed by atoms with Gasteiger partial charge in [-0.25, -0.2) is 8.78 Å². The number of carbonyl (C=O) groups excluding carboxylic acids is 2. The van der Waals surface area contributed by atoms with E-state index in [1.807, 2.05) is 0 Å². The molecule has 128 valence electrons. The predicted molar refractivity (Wildman–Crippen MR) is 79.0 cm³/mol. The number of Topliss-reactive ketones (excluding diaryl/α,β-unsaturated/α-hetero) is 1. The van der Waals surface area contributed by atoms with E-state index in [0.29, 0.717) is 12.1 Å². The Morgan fingerprint density at radius 2 is 2.04 bits per heavy atom. The molecule has 0 aliphatic heterocycles. The lowest BCUT2D eigenvalue weighted by Gasteiger charge is -2.11. The highest BCUT2D eigenvalue weighted by atomic mass is 19.2. The fraction of sp³-hybridized carbons (Fsp3) is 0.400. The molecular weight excluding hydrogens is 326 g/mol. The molecule has 24 heavy (non-hydrogen) atoms. The number of esters is 1. The maximum atomic E-state index is 13.4. The van der Waals surface area contributed by atoms with Gasteiger partial charge in [-0.2, -0.15) is 0 Å². The van der Waals surface area contributed by atoms with E-state index in [1.165, 1.54) is 6.92 Å². The average molecular weight is 340 g/mol. The molecule has 0 bridgehead atoms. The summed E-state index contributed by atoms with van der Waals surface area (Å²) >= 11 is 0. The van der Waals surface area contributed by atoms with Crippen molar-refractivity contribution in [2.75, 3.05) is 6.61 Å². The summed E-state index contributed by atoms with van der Waals surface area (Å²) < 4.78 is 31.4. The first kappa shape index (κ1) is 17.6. The lowest BCUT2D eigenvalue weighted by molar-refractivity contribution is -0.385. The van der Waals surface area contributed by atoms with Gasteiger partial charge in [0.2, 0.25) is 0 Å². The minimum atomic E-state index is -1.55. The molecule has 1 atom stereocenters. The second kappa shape index (κ2) is 7.24. The molecule has 0 saturated heterocycles. The summed E-state index contributed by atoms with van der Waals surface area (Å²) in [6.07, 6.45) is 2.68. The number of aliphatic imine (C=N–C) groups is 1. The highest BCUT2D eigenvalue weighted by Gasteiger charge is 2.34. The number of ether oxygens (including phenoxy) is 1. The molecule has 1 unspecified atom stereocenters. The fourth-order valence-corrected chi connectivity index (χ4v) is 1.95. The van der Waals surface area contributed by atoms with Crippen molar-refractivity contribution in [3.8, 4) is 0 Å². The van der Waals surface area contributed by atoms with Crippen LogP contribution in [0.5, 0.6) is 0 Å². The Morgan fingerprint density at radius 3 is 2.58 bits per heavy atom. The molecule has 0 spiro atoms. The molecule has 0 aromatic heterocycles. The summed E-state index contributed by atoms with van der Waals surface area (Å²) in [7, 11) is 0. The maximum Gasteiger partial charge on any atom is 0.322 e. The number of rotatable bonds is 7. The number of ketones is 1. The van der Waals surface area contributed by atoms with Crippen LogP contribution >= 0.6 is 0 Å². The first-order valence-corrected chi connectivity index (χ1v) is 7.22. The minimum absolute atomic E-state index is 0.00494. The molecule has 0 radical (unpaired) electrons. The standard InChI is InChI=1S/C15H14F2N2O5/c1-2-24-15(21)10(7-18-8-3-4-8)14(20)9-5-11(16)12(17)6-13(9)19(22)23/h5-8,10H,2-4H2,1H3. The summed E-state index contributed by atoms with van der Waals surface area (Å²) in [5, 5.41) is 11.0. The summed E-state index contributed by atoms with van der Waals surface area (Å²) in [6, 6.07) is 0.713. The lowest BCUT2D eigenvalue weighted by atomic mass is 9.97. The zero-order valence-electron chi connectivity index (χ0n) is 12.7. The van der Waals surface area contributed by atoms with Gasteiger partial charge in [-0.05, 0) is 25.8 Å². The van der Waals surface area contributed by atoms with Crippen molar-refractivity contribution in [3.05, 3.63) is 39.4 Å². The van der Waals surface area contributed by atoms with Crippen LogP contribution in [0, 0.1) is 27.7 Å². The molecule has 0 N–H and O–H groups in total. The Hall–Kier alpha value is -2.71. The number of nitrogens with zero attached hydrogens (tertiary/aromatic N) is 2. The first-order valence-electron chi connectivity index (χ1n) is 7.22. The summed E-state index contributed by atoms with van der Waals surface area (Å²) in [5.41, 5.74) is -1.63. The third-order valence-electron chi connectivity index (χ3n) is 3.32. The Kier molecular flexibility index (Phi) is 5.32. The third kappa shape index (κ3) is 3.98. The van der Waals surface area contributed by atoms with E-state index in [0.717, 1.165) is 19.1 Å². The zero-order valence-corrected chi connectivity index (χ0v) is 12.7. The van der Waals surface area contributed by atoms with Crippen molar-refractivity contribution in [2.45, 2.75) is 25.8 Å². The van der Waals surface area contributed by atoms with Crippen molar-refractivity contribution < 1.29 is 28.0 Å². The van der Waals surface area contributed by atoms with Crippen LogP contribution in [0.25, 0.3) is 0 Å². The molecule has 1 aromatic rings. The van der Waals surface area contributed by atoms with Crippen molar-refractivity contribution in [2.24, 2.45) is 10.9 Å². The third-order valence-corrected chi connectivity index (χ3v) is 3.32. The number of benzene rings is 1. The van der Waals surface area contributed by atoms with Crippen molar-refractivity contribution in [3.63, 3.8) is 0 Å². The number of carbonyl (C=O) groups is 2. The van der Waals surface area contributed by atoms with Crippen LogP contribution in [0.1, 0.15) is 30.1 Å². The highest BCUT2D eigenvalue weighted by Crippen LogP contribution is 2.26. The fourth-order valence-electron chi connectivity index (χ4n) is 1.95. The second-order valence-corrected chi connectivity index (χ2v) is 5.16. The largest absolute Gasteiger partial charge is 0.465 e. The van der Waals surface area contributed by atoms with E-state index in [4.69, 9.17) is 4.74 Å². The van der Waals surface area contributed by atoms with Crippen LogP contribution < -0.4 is 0 Å². The molecule has 1 aliphatic carbocycles. The van der Waals surface area contributed by atoms with Crippen LogP contribution in [0.4, 0.5) is 14.5 Å². The van der Waals surface area contributed by atoms with Crippen molar-refractivity contribution in [1.29, 1.82) is 0 Å². The smallest absolute Gasteiger partial charge is 0.322 e. The molecule has 1 aromatic carbocycles. The second-order valence-electron chi connectivity index (χ2n) is 5.16. The molecule has 7 nitrogen and oxygen atoms in total. The Balaban J connectivity index is 2.42. The molecule has 2 rings (SSSR count). The molecular formula is C15H14F2N2O5. The van der Waals surface area contributed by atoms with Crippen LogP contribution in [-0.2, 0) is 9.53 Å². The Labute approximate surface area is 135 Å². The van der Waals surface area contributed by atoms with E-state index in [-0.39, 0.29) is 12.6 Å². The topological polar surface area (TPSA) is 98.9 Å². The molecule has 1 fully saturated rings. The van der Waals surface area contributed by atoms with Crippen LogP contribution in [0.15, 0.2) is 17.1 Å². The predicted octanol–water partition coefficient (Wildman–Crippen LogP) is 2.47. The van der Waals surface area contributed by atoms with Gasteiger partial charge in [-0.15, -0.1) is 0 Å². The number of hydrogen-bond acceptors (Lipinski definition) is 6. The Morgan fingerprint density at radius 1 is 1.42 bits per heavy atom. The van der Waals surface area contributed by atoms with Gasteiger partial charge in [0.15, 0.2) is 23.3 Å². The molecule has 9 heteroatoms. The summed E-state index contributed by atoms with van der Waals surface area (Å²) in [4.78, 5) is 38.4. The molecule has 0 amide bonds. The van der Waals surface area contributed by atoms with Gasteiger partial charge in [0.05, 0.1) is 23.2 Å². The highest BCUT2D eigenvalue weighted by molar-refractivity contribution is 6.19. The van der Waals surface area contributed by atoms with Gasteiger partial charge >= 0.3 is 5.97 Å². The monoisotopic (exact) mass is 340 g/mol. The van der Waals surface area contributed by atoms with Gasteiger partial charge < -0.3 is 4.74 Å². The molecule has 1 aliphatic rings.